The molecule has 3 unspecified atom stereocenters. The second kappa shape index (κ2) is 6.79. The molecule has 0 saturated carbocycles. The van der Waals surface area contributed by atoms with E-state index in [9.17, 15) is 0 Å². The van der Waals surface area contributed by atoms with Gasteiger partial charge in [-0.15, -0.1) is 0 Å². The van der Waals surface area contributed by atoms with E-state index < -0.39 is 18.5 Å². The molecule has 0 bridgehead atoms. The van der Waals surface area contributed by atoms with Crippen LogP contribution in [0.3, 0.4) is 0 Å². The maximum Gasteiger partial charge on any atom is 0.290 e. The van der Waals surface area contributed by atoms with Crippen molar-refractivity contribution in [1.29, 1.82) is 0 Å². The van der Waals surface area contributed by atoms with Crippen LogP contribution in [0.15, 0.2) is 0 Å². The van der Waals surface area contributed by atoms with E-state index in [0.29, 0.717) is 6.42 Å². The molecule has 78 valence electrons. The first-order valence-electron chi connectivity index (χ1n) is 3.84. The number of hydrogen-bond donors (Lipinski definition) is 4. The van der Waals surface area contributed by atoms with Crippen LogP contribution >= 0.6 is 0 Å². The molecule has 0 spiro atoms. The first kappa shape index (κ1) is 12.3. The zero-order chi connectivity index (χ0) is 10.3. The summed E-state index contributed by atoms with van der Waals surface area (Å²) in [7, 11) is 0. The van der Waals surface area contributed by atoms with Gasteiger partial charge in [0.1, 0.15) is 0 Å². The molecule has 1 aliphatic rings. The van der Waals surface area contributed by atoms with Gasteiger partial charge in [0.05, 0.1) is 18.8 Å². The Balaban J connectivity index is 0.000000424. The van der Waals surface area contributed by atoms with E-state index in [1.165, 1.54) is 0 Å². The lowest BCUT2D eigenvalue weighted by atomic mass is 10.1. The molecule has 1 aliphatic heterocycles. The predicted octanol–water partition coefficient (Wildman–Crippen LogP) is -1.46. The molecular weight excluding hydrogens is 180 g/mol. The Hall–Kier alpha value is -0.690. The summed E-state index contributed by atoms with van der Waals surface area (Å²) in [6.07, 6.45) is -1.20. The zero-order valence-corrected chi connectivity index (χ0v) is 7.04. The van der Waals surface area contributed by atoms with Crippen LogP contribution in [0, 0.1) is 0 Å². The summed E-state index contributed by atoms with van der Waals surface area (Å²) in [6.45, 7) is -0.395. The van der Waals surface area contributed by atoms with Crippen LogP contribution in [0.25, 0.3) is 0 Å². The number of ether oxygens (including phenoxy) is 1. The summed E-state index contributed by atoms with van der Waals surface area (Å²) in [5.41, 5.74) is 0. The minimum atomic E-state index is -0.916. The Kier molecular flexibility index (Phi) is 6.43. The molecule has 1 rings (SSSR count). The summed E-state index contributed by atoms with van der Waals surface area (Å²) in [6, 6.07) is 0. The maximum atomic E-state index is 9.03. The van der Waals surface area contributed by atoms with Crippen molar-refractivity contribution in [2.24, 2.45) is 0 Å². The van der Waals surface area contributed by atoms with E-state index in [2.05, 4.69) is 0 Å². The Morgan fingerprint density at radius 1 is 1.38 bits per heavy atom. The smallest absolute Gasteiger partial charge is 0.290 e. The lowest BCUT2D eigenvalue weighted by molar-refractivity contribution is -0.197. The van der Waals surface area contributed by atoms with Gasteiger partial charge in [-0.05, 0) is 0 Å². The van der Waals surface area contributed by atoms with Gasteiger partial charge in [0.25, 0.3) is 6.47 Å². The Morgan fingerprint density at radius 3 is 2.31 bits per heavy atom. The van der Waals surface area contributed by atoms with Crippen molar-refractivity contribution >= 4 is 6.47 Å². The average Bonchev–Trinajstić information content (AvgIpc) is 2.04. The van der Waals surface area contributed by atoms with Crippen molar-refractivity contribution in [3.05, 3.63) is 0 Å². The van der Waals surface area contributed by atoms with Crippen molar-refractivity contribution in [3.8, 4) is 0 Å². The van der Waals surface area contributed by atoms with Gasteiger partial charge in [-0.2, -0.15) is 0 Å². The van der Waals surface area contributed by atoms with E-state index in [1.807, 2.05) is 0 Å². The van der Waals surface area contributed by atoms with Gasteiger partial charge in [-0.3, -0.25) is 4.79 Å². The highest BCUT2D eigenvalue weighted by molar-refractivity contribution is 5.32. The highest BCUT2D eigenvalue weighted by Gasteiger charge is 2.25. The standard InChI is InChI=1S/C6H12O4.CH2O2/c7-3-5-1-4(8)2-6(9)10-5;2-1-3/h4-9H,1-3H2;1H,(H,2,3). The van der Waals surface area contributed by atoms with E-state index in [4.69, 9.17) is 30.0 Å². The van der Waals surface area contributed by atoms with Gasteiger partial charge in [-0.25, -0.2) is 0 Å². The molecule has 3 atom stereocenters. The van der Waals surface area contributed by atoms with E-state index in [1.54, 1.807) is 0 Å². The molecule has 1 saturated heterocycles. The van der Waals surface area contributed by atoms with Crippen molar-refractivity contribution in [2.45, 2.75) is 31.3 Å². The van der Waals surface area contributed by atoms with Gasteiger partial charge in [0.2, 0.25) is 0 Å². The fraction of sp³-hybridized carbons (Fsp3) is 0.857. The molecule has 0 amide bonds. The van der Waals surface area contributed by atoms with Gasteiger partial charge in [-0.1, -0.05) is 0 Å². The Bertz CT molecular complexity index is 129. The van der Waals surface area contributed by atoms with Crippen molar-refractivity contribution in [1.82, 2.24) is 0 Å². The minimum absolute atomic E-state index is 0.145. The summed E-state index contributed by atoms with van der Waals surface area (Å²) in [5.74, 6) is 0. The van der Waals surface area contributed by atoms with Gasteiger partial charge < -0.3 is 25.2 Å². The monoisotopic (exact) mass is 194 g/mol. The second-order valence-corrected chi connectivity index (χ2v) is 2.63. The third kappa shape index (κ3) is 5.53. The molecule has 0 radical (unpaired) electrons. The molecule has 1 fully saturated rings. The summed E-state index contributed by atoms with van der Waals surface area (Å²) in [5, 5.41) is 33.4. The van der Waals surface area contributed by atoms with Crippen molar-refractivity contribution in [3.63, 3.8) is 0 Å². The van der Waals surface area contributed by atoms with Crippen LogP contribution in [0.5, 0.6) is 0 Å². The van der Waals surface area contributed by atoms with Crippen LogP contribution < -0.4 is 0 Å². The first-order chi connectivity index (χ1) is 6.13. The van der Waals surface area contributed by atoms with Crippen molar-refractivity contribution in [2.75, 3.05) is 6.61 Å². The summed E-state index contributed by atoms with van der Waals surface area (Å²) < 4.78 is 4.85. The quantitative estimate of drug-likeness (QED) is 0.380. The molecule has 0 aliphatic carbocycles. The molecule has 13 heavy (non-hydrogen) atoms. The van der Waals surface area contributed by atoms with Crippen LogP contribution in [0.2, 0.25) is 0 Å². The van der Waals surface area contributed by atoms with Crippen LogP contribution in [-0.4, -0.2) is 52.0 Å². The summed E-state index contributed by atoms with van der Waals surface area (Å²) in [4.78, 5) is 8.36. The molecule has 1 heterocycles. The van der Waals surface area contributed by atoms with Gasteiger partial charge >= 0.3 is 0 Å². The summed E-state index contributed by atoms with van der Waals surface area (Å²) >= 11 is 0. The third-order valence-corrected chi connectivity index (χ3v) is 1.56. The number of carbonyl (C=O) groups is 1. The Labute approximate surface area is 75.4 Å². The van der Waals surface area contributed by atoms with Crippen LogP contribution in [-0.2, 0) is 9.53 Å². The molecular formula is C7H14O6. The predicted molar refractivity (Wildman–Crippen MR) is 41.9 cm³/mol. The van der Waals surface area contributed by atoms with Gasteiger partial charge in [0, 0.05) is 12.8 Å². The topological polar surface area (TPSA) is 107 Å². The van der Waals surface area contributed by atoms with Crippen molar-refractivity contribution < 1.29 is 30.0 Å². The van der Waals surface area contributed by atoms with E-state index >= 15 is 0 Å². The zero-order valence-electron chi connectivity index (χ0n) is 7.04. The Morgan fingerprint density at radius 2 is 1.92 bits per heavy atom. The third-order valence-electron chi connectivity index (χ3n) is 1.56. The lowest BCUT2D eigenvalue weighted by Gasteiger charge is -2.28. The number of aliphatic hydroxyl groups excluding tert-OH is 3. The number of aliphatic hydroxyl groups is 3. The number of hydrogen-bond acceptors (Lipinski definition) is 5. The molecule has 4 N–H and O–H groups in total. The van der Waals surface area contributed by atoms with E-state index in [0.717, 1.165) is 0 Å². The average molecular weight is 194 g/mol. The molecule has 6 nitrogen and oxygen atoms in total. The van der Waals surface area contributed by atoms with Crippen LogP contribution in [0.1, 0.15) is 12.8 Å². The highest BCUT2D eigenvalue weighted by Crippen LogP contribution is 2.17. The fourth-order valence-corrected chi connectivity index (χ4v) is 1.08. The SMILES string of the molecule is O=CO.OCC1CC(O)CC(O)O1. The molecule has 0 aromatic heterocycles. The maximum absolute atomic E-state index is 9.03. The second-order valence-electron chi connectivity index (χ2n) is 2.63. The fourth-order valence-electron chi connectivity index (χ4n) is 1.08. The molecule has 0 aromatic rings. The first-order valence-corrected chi connectivity index (χ1v) is 3.84. The number of carboxylic acid groups (broad SMARTS) is 1. The van der Waals surface area contributed by atoms with Crippen LogP contribution in [0.4, 0.5) is 0 Å². The normalized spacial score (nSPS) is 33.0. The molecule has 0 aromatic carbocycles. The lowest BCUT2D eigenvalue weighted by Crippen LogP contribution is -2.37. The van der Waals surface area contributed by atoms with E-state index in [-0.39, 0.29) is 19.5 Å². The highest BCUT2D eigenvalue weighted by atomic mass is 16.6. The minimum Gasteiger partial charge on any atom is -0.483 e. The van der Waals surface area contributed by atoms with Gasteiger partial charge in [0.15, 0.2) is 6.29 Å². The molecule has 6 heteroatoms. The largest absolute Gasteiger partial charge is 0.483 e. The number of rotatable bonds is 1.